The molecular weight excluding hydrogens is 376 g/mol. The average molecular weight is 404 g/mol. The molecular formula is C20H28N4O5. The van der Waals surface area contributed by atoms with E-state index in [1.807, 2.05) is 27.7 Å². The van der Waals surface area contributed by atoms with Crippen LogP contribution in [-0.2, 0) is 18.3 Å². The number of nitrogens with zero attached hydrogens (tertiary/aromatic N) is 3. The summed E-state index contributed by atoms with van der Waals surface area (Å²) in [6, 6.07) is 2.76. The first-order valence-electron chi connectivity index (χ1n) is 9.65. The highest BCUT2D eigenvalue weighted by molar-refractivity contribution is 5.95. The third kappa shape index (κ3) is 5.46. The summed E-state index contributed by atoms with van der Waals surface area (Å²) in [5, 5.41) is 18.5. The van der Waals surface area contributed by atoms with Gasteiger partial charge in [0.05, 0.1) is 36.3 Å². The normalized spacial score (nSPS) is 10.7. The van der Waals surface area contributed by atoms with Crippen LogP contribution in [-0.4, -0.2) is 33.8 Å². The van der Waals surface area contributed by atoms with Gasteiger partial charge in [-0.3, -0.25) is 19.6 Å². The van der Waals surface area contributed by atoms with Crippen LogP contribution in [0.1, 0.15) is 43.6 Å². The van der Waals surface area contributed by atoms with Crippen LogP contribution in [0.5, 0.6) is 11.5 Å². The number of amides is 1. The van der Waals surface area contributed by atoms with Crippen molar-refractivity contribution in [2.75, 3.05) is 18.5 Å². The molecule has 1 aromatic heterocycles. The van der Waals surface area contributed by atoms with E-state index in [1.165, 1.54) is 12.1 Å². The highest BCUT2D eigenvalue weighted by atomic mass is 16.6. The Morgan fingerprint density at radius 1 is 1.17 bits per heavy atom. The second-order valence-electron chi connectivity index (χ2n) is 6.77. The van der Waals surface area contributed by atoms with Crippen molar-refractivity contribution in [1.82, 2.24) is 9.78 Å². The summed E-state index contributed by atoms with van der Waals surface area (Å²) in [7, 11) is 1.81. The van der Waals surface area contributed by atoms with Gasteiger partial charge >= 0.3 is 0 Å². The van der Waals surface area contributed by atoms with Gasteiger partial charge in [0.15, 0.2) is 11.5 Å². The number of nitro groups is 1. The second kappa shape index (κ2) is 9.90. The Kier molecular flexibility index (Phi) is 7.58. The summed E-state index contributed by atoms with van der Waals surface area (Å²) in [6.07, 6.45) is 1.59. The molecule has 0 aliphatic carbocycles. The maximum atomic E-state index is 12.6. The number of aromatic nitrogens is 2. The number of ether oxygens (including phenoxy) is 2. The van der Waals surface area contributed by atoms with Crippen LogP contribution >= 0.6 is 0 Å². The molecule has 29 heavy (non-hydrogen) atoms. The fourth-order valence-corrected chi connectivity index (χ4v) is 2.88. The highest BCUT2D eigenvalue weighted by Crippen LogP contribution is 2.38. The van der Waals surface area contributed by atoms with Crippen LogP contribution < -0.4 is 14.8 Å². The molecule has 9 nitrogen and oxygen atoms in total. The Bertz CT molecular complexity index is 891. The zero-order valence-corrected chi connectivity index (χ0v) is 17.6. The first-order chi connectivity index (χ1) is 13.8. The van der Waals surface area contributed by atoms with Crippen LogP contribution in [0.2, 0.25) is 0 Å². The van der Waals surface area contributed by atoms with Crippen LogP contribution in [0.25, 0.3) is 0 Å². The van der Waals surface area contributed by atoms with Gasteiger partial charge in [-0.1, -0.05) is 13.8 Å². The number of hydrogen-bond acceptors (Lipinski definition) is 6. The lowest BCUT2D eigenvalue weighted by Gasteiger charge is -2.14. The largest absolute Gasteiger partial charge is 0.490 e. The predicted octanol–water partition coefficient (Wildman–Crippen LogP) is 3.70. The predicted molar refractivity (Wildman–Crippen MR) is 110 cm³/mol. The number of nitro benzene ring substituents is 1. The van der Waals surface area contributed by atoms with Gasteiger partial charge in [0.25, 0.3) is 5.69 Å². The molecule has 0 saturated carbocycles. The molecule has 1 heterocycles. The zero-order chi connectivity index (χ0) is 21.6. The molecule has 9 heteroatoms. The minimum atomic E-state index is -0.543. The minimum Gasteiger partial charge on any atom is -0.490 e. The number of hydrogen-bond donors (Lipinski definition) is 1. The van der Waals surface area contributed by atoms with Crippen LogP contribution in [0, 0.1) is 24.0 Å². The fourth-order valence-electron chi connectivity index (χ4n) is 2.88. The minimum absolute atomic E-state index is 0.0713. The van der Waals surface area contributed by atoms with E-state index in [9.17, 15) is 14.9 Å². The molecule has 0 unspecified atom stereocenters. The van der Waals surface area contributed by atoms with Gasteiger partial charge in [0.2, 0.25) is 5.91 Å². The van der Waals surface area contributed by atoms with Crippen molar-refractivity contribution >= 4 is 17.3 Å². The first-order valence-corrected chi connectivity index (χ1v) is 9.65. The topological polar surface area (TPSA) is 109 Å². The van der Waals surface area contributed by atoms with Gasteiger partial charge in [-0.2, -0.15) is 5.10 Å². The van der Waals surface area contributed by atoms with Crippen LogP contribution in [0.3, 0.4) is 0 Å². The number of nitrogens with one attached hydrogen (secondary N) is 1. The molecule has 1 aromatic carbocycles. The lowest BCUT2D eigenvalue weighted by molar-refractivity contribution is -0.384. The Labute approximate surface area is 170 Å². The van der Waals surface area contributed by atoms with E-state index in [-0.39, 0.29) is 23.7 Å². The molecule has 2 aromatic rings. The van der Waals surface area contributed by atoms with Crippen LogP contribution in [0.15, 0.2) is 12.1 Å². The van der Waals surface area contributed by atoms with E-state index in [2.05, 4.69) is 10.4 Å². The Hall–Kier alpha value is -3.10. The number of rotatable bonds is 10. The third-order valence-electron chi connectivity index (χ3n) is 4.45. The quantitative estimate of drug-likeness (QED) is 0.478. The van der Waals surface area contributed by atoms with E-state index in [0.717, 1.165) is 29.8 Å². The summed E-state index contributed by atoms with van der Waals surface area (Å²) in [6.45, 7) is 8.44. The Morgan fingerprint density at radius 2 is 1.76 bits per heavy atom. The maximum Gasteiger partial charge on any atom is 0.296 e. The summed E-state index contributed by atoms with van der Waals surface area (Å²) in [5.41, 5.74) is 2.27. The number of carbonyl (C=O) groups is 1. The number of aryl methyl sites for hydroxylation is 2. The zero-order valence-electron chi connectivity index (χ0n) is 17.6. The summed E-state index contributed by atoms with van der Waals surface area (Å²) < 4.78 is 13.0. The number of benzene rings is 1. The average Bonchev–Trinajstić information content (AvgIpc) is 2.91. The van der Waals surface area contributed by atoms with Crippen LogP contribution in [0.4, 0.5) is 11.4 Å². The molecule has 0 spiro atoms. The first kappa shape index (κ1) is 22.2. The molecule has 0 atom stereocenters. The molecule has 1 amide bonds. The van der Waals surface area contributed by atoms with Crippen molar-refractivity contribution in [3.63, 3.8) is 0 Å². The van der Waals surface area contributed by atoms with Gasteiger partial charge < -0.3 is 14.8 Å². The van der Waals surface area contributed by atoms with Crippen molar-refractivity contribution in [2.45, 2.75) is 47.0 Å². The number of carbonyl (C=O) groups excluding carboxylic acids is 1. The summed E-state index contributed by atoms with van der Waals surface area (Å²) >= 11 is 0. The molecule has 0 aliphatic heterocycles. The molecule has 2 rings (SSSR count). The molecule has 158 valence electrons. The smallest absolute Gasteiger partial charge is 0.296 e. The molecule has 0 fully saturated rings. The van der Waals surface area contributed by atoms with Gasteiger partial charge in [-0.05, 0) is 26.7 Å². The molecule has 0 radical (unpaired) electrons. The lowest BCUT2D eigenvalue weighted by Crippen LogP contribution is -2.16. The van der Waals surface area contributed by atoms with E-state index >= 15 is 0 Å². The second-order valence-corrected chi connectivity index (χ2v) is 6.77. The van der Waals surface area contributed by atoms with E-state index in [1.54, 1.807) is 11.7 Å². The third-order valence-corrected chi connectivity index (χ3v) is 4.45. The van der Waals surface area contributed by atoms with Gasteiger partial charge in [-0.15, -0.1) is 0 Å². The number of anilines is 1. The van der Waals surface area contributed by atoms with Gasteiger partial charge in [0, 0.05) is 24.4 Å². The Morgan fingerprint density at radius 3 is 2.24 bits per heavy atom. The van der Waals surface area contributed by atoms with E-state index in [0.29, 0.717) is 24.7 Å². The van der Waals surface area contributed by atoms with E-state index < -0.39 is 4.92 Å². The fraction of sp³-hybridized carbons (Fsp3) is 0.500. The Balaban J connectivity index is 2.33. The monoisotopic (exact) mass is 404 g/mol. The van der Waals surface area contributed by atoms with Crippen molar-refractivity contribution in [1.29, 1.82) is 0 Å². The van der Waals surface area contributed by atoms with Crippen molar-refractivity contribution in [2.24, 2.45) is 7.05 Å². The summed E-state index contributed by atoms with van der Waals surface area (Å²) in [5.74, 6) is 0.301. The molecule has 1 N–H and O–H groups in total. The van der Waals surface area contributed by atoms with Crippen molar-refractivity contribution in [3.8, 4) is 11.5 Å². The van der Waals surface area contributed by atoms with Crippen molar-refractivity contribution < 1.29 is 19.2 Å². The van der Waals surface area contributed by atoms with Crippen molar-refractivity contribution in [3.05, 3.63) is 39.2 Å². The molecule has 0 aliphatic rings. The standard InChI is InChI=1S/C20H28N4O5/c1-6-8-28-18-11-16(17(24(26)27)12-19(18)29-9-7-2)21-20(25)10-15-13(3)22-23(5)14(15)4/h11-12H,6-10H2,1-5H3,(H,21,25). The lowest BCUT2D eigenvalue weighted by atomic mass is 10.1. The van der Waals surface area contributed by atoms with Gasteiger partial charge in [0.1, 0.15) is 5.69 Å². The maximum absolute atomic E-state index is 12.6. The highest BCUT2D eigenvalue weighted by Gasteiger charge is 2.23. The molecule has 0 saturated heterocycles. The SMILES string of the molecule is CCCOc1cc(NC(=O)Cc2c(C)nn(C)c2C)c([N+](=O)[O-])cc1OCCC. The molecule has 0 bridgehead atoms. The summed E-state index contributed by atoms with van der Waals surface area (Å²) in [4.78, 5) is 23.6. The van der Waals surface area contributed by atoms with E-state index in [4.69, 9.17) is 9.47 Å². The van der Waals surface area contributed by atoms with Gasteiger partial charge in [-0.25, -0.2) is 0 Å².